The van der Waals surface area contributed by atoms with Crippen LogP contribution in [0.5, 0.6) is 0 Å². The molecule has 0 heterocycles. The van der Waals surface area contributed by atoms with Gasteiger partial charge in [0.15, 0.2) is 0 Å². The summed E-state index contributed by atoms with van der Waals surface area (Å²) in [6.45, 7) is 0.384. The van der Waals surface area contributed by atoms with Gasteiger partial charge in [-0.25, -0.2) is 0 Å². The Kier molecular flexibility index (Phi) is 7.69. The number of hydrogen-bond donors (Lipinski definition) is 2. The molecule has 0 bridgehead atoms. The first-order valence-corrected chi connectivity index (χ1v) is 5.67. The number of aliphatic carboxylic acids is 1. The van der Waals surface area contributed by atoms with Gasteiger partial charge in [-0.2, -0.15) is 0 Å². The monoisotopic (exact) mass is 260 g/mol. The number of nitrogens with two attached hydrogens (primary N) is 1. The molecule has 0 aliphatic carbocycles. The zero-order valence-electron chi connectivity index (χ0n) is 10.7. The van der Waals surface area contributed by atoms with Gasteiger partial charge in [0.2, 0.25) is 5.91 Å². The molecule has 0 saturated heterocycles. The predicted octanol–water partition coefficient (Wildman–Crippen LogP) is -0.410. The molecule has 1 amide bonds. The number of carbonyl (C=O) groups is 3. The van der Waals surface area contributed by atoms with Crippen LogP contribution in [-0.2, 0) is 19.1 Å². The number of nitrogens with zero attached hydrogens (tertiary/aromatic N) is 1. The molecule has 7 heteroatoms. The second-order valence-electron chi connectivity index (χ2n) is 3.98. The normalized spacial score (nSPS) is 11.7. The molecule has 0 aromatic rings. The zero-order chi connectivity index (χ0) is 14.1. The van der Waals surface area contributed by atoms with Gasteiger partial charge in [-0.15, -0.1) is 0 Å². The van der Waals surface area contributed by atoms with Crippen LogP contribution in [0.3, 0.4) is 0 Å². The number of likely N-dealkylation sites (N-methyl/N-ethyl adjacent to an activating group) is 1. The number of rotatable bonds is 8. The Morgan fingerprint density at radius 2 is 1.94 bits per heavy atom. The van der Waals surface area contributed by atoms with Crippen LogP contribution in [-0.4, -0.2) is 54.6 Å². The molecular formula is C11H20N2O5. The molecule has 0 fully saturated rings. The average molecular weight is 260 g/mol. The van der Waals surface area contributed by atoms with Crippen LogP contribution in [0.25, 0.3) is 0 Å². The summed E-state index contributed by atoms with van der Waals surface area (Å²) in [6, 6.07) is -0.816. The first-order chi connectivity index (χ1) is 8.38. The van der Waals surface area contributed by atoms with E-state index in [9.17, 15) is 14.4 Å². The third-order valence-corrected chi connectivity index (χ3v) is 2.46. The Balaban J connectivity index is 3.94. The van der Waals surface area contributed by atoms with E-state index >= 15 is 0 Å². The topological polar surface area (TPSA) is 110 Å². The smallest absolute Gasteiger partial charge is 0.305 e. The second kappa shape index (κ2) is 8.46. The molecule has 0 aliphatic heterocycles. The van der Waals surface area contributed by atoms with Crippen molar-refractivity contribution in [3.63, 3.8) is 0 Å². The molecule has 0 saturated carbocycles. The van der Waals surface area contributed by atoms with Crippen molar-refractivity contribution in [2.75, 3.05) is 20.7 Å². The number of carboxylic acids is 1. The SMILES string of the molecule is COC(=O)CCCN(C)C(=O)C(N)CCC(=O)O. The van der Waals surface area contributed by atoms with Crippen molar-refractivity contribution in [2.24, 2.45) is 5.73 Å². The predicted molar refractivity (Wildman–Crippen MR) is 63.7 cm³/mol. The summed E-state index contributed by atoms with van der Waals surface area (Å²) in [5.41, 5.74) is 5.58. The van der Waals surface area contributed by atoms with Gasteiger partial charge in [-0.1, -0.05) is 0 Å². The van der Waals surface area contributed by atoms with E-state index in [0.29, 0.717) is 13.0 Å². The summed E-state index contributed by atoms with van der Waals surface area (Å²) in [7, 11) is 2.87. The van der Waals surface area contributed by atoms with Gasteiger partial charge in [-0.3, -0.25) is 14.4 Å². The number of hydrogen-bond acceptors (Lipinski definition) is 5. The molecule has 0 radical (unpaired) electrons. The minimum Gasteiger partial charge on any atom is -0.481 e. The van der Waals surface area contributed by atoms with Gasteiger partial charge in [0, 0.05) is 26.4 Å². The van der Waals surface area contributed by atoms with E-state index in [4.69, 9.17) is 10.8 Å². The lowest BCUT2D eigenvalue weighted by Crippen LogP contribution is -2.42. The van der Waals surface area contributed by atoms with E-state index in [1.165, 1.54) is 12.0 Å². The lowest BCUT2D eigenvalue weighted by molar-refractivity contribution is -0.141. The Hall–Kier alpha value is -1.63. The molecule has 0 aliphatic rings. The molecule has 18 heavy (non-hydrogen) atoms. The van der Waals surface area contributed by atoms with Gasteiger partial charge in [0.1, 0.15) is 0 Å². The number of esters is 1. The highest BCUT2D eigenvalue weighted by atomic mass is 16.5. The minimum atomic E-state index is -0.980. The summed E-state index contributed by atoms with van der Waals surface area (Å²) >= 11 is 0. The van der Waals surface area contributed by atoms with Crippen LogP contribution in [0.4, 0.5) is 0 Å². The lowest BCUT2D eigenvalue weighted by Gasteiger charge is -2.20. The van der Waals surface area contributed by atoms with Crippen molar-refractivity contribution in [1.82, 2.24) is 4.90 Å². The van der Waals surface area contributed by atoms with Crippen molar-refractivity contribution in [2.45, 2.75) is 31.7 Å². The number of carboxylic acid groups (broad SMARTS) is 1. The fourth-order valence-corrected chi connectivity index (χ4v) is 1.36. The molecule has 0 spiro atoms. The highest BCUT2D eigenvalue weighted by Gasteiger charge is 2.18. The Morgan fingerprint density at radius 3 is 2.44 bits per heavy atom. The standard InChI is InChI=1S/C11H20N2O5/c1-13(7-3-4-10(16)18-2)11(17)8(12)5-6-9(14)15/h8H,3-7,12H2,1-2H3,(H,14,15). The second-order valence-corrected chi connectivity index (χ2v) is 3.98. The third kappa shape index (κ3) is 6.85. The van der Waals surface area contributed by atoms with Crippen LogP contribution >= 0.6 is 0 Å². The fraction of sp³-hybridized carbons (Fsp3) is 0.727. The van der Waals surface area contributed by atoms with E-state index in [-0.39, 0.29) is 31.1 Å². The first-order valence-electron chi connectivity index (χ1n) is 5.67. The number of methoxy groups -OCH3 is 1. The van der Waals surface area contributed by atoms with Crippen molar-refractivity contribution in [3.05, 3.63) is 0 Å². The summed E-state index contributed by atoms with van der Waals surface area (Å²) in [5.74, 6) is -1.63. The zero-order valence-corrected chi connectivity index (χ0v) is 10.7. The Morgan fingerprint density at radius 1 is 1.33 bits per heavy atom. The number of amides is 1. The summed E-state index contributed by atoms with van der Waals surface area (Å²) in [6.07, 6.45) is 0.692. The Bertz CT molecular complexity index is 306. The van der Waals surface area contributed by atoms with Crippen molar-refractivity contribution >= 4 is 17.8 Å². The van der Waals surface area contributed by atoms with Gasteiger partial charge < -0.3 is 20.5 Å². The summed E-state index contributed by atoms with van der Waals surface area (Å²) in [4.78, 5) is 34.3. The van der Waals surface area contributed by atoms with E-state index in [1.807, 2.05) is 0 Å². The van der Waals surface area contributed by atoms with E-state index in [0.717, 1.165) is 0 Å². The first kappa shape index (κ1) is 16.4. The summed E-state index contributed by atoms with van der Waals surface area (Å²) in [5, 5.41) is 8.48. The van der Waals surface area contributed by atoms with E-state index in [1.54, 1.807) is 7.05 Å². The third-order valence-electron chi connectivity index (χ3n) is 2.46. The average Bonchev–Trinajstić information content (AvgIpc) is 2.34. The molecule has 1 atom stereocenters. The molecule has 1 unspecified atom stereocenters. The number of carbonyl (C=O) groups excluding carboxylic acids is 2. The molecule has 7 nitrogen and oxygen atoms in total. The quantitative estimate of drug-likeness (QED) is 0.574. The van der Waals surface area contributed by atoms with Gasteiger partial charge in [0.05, 0.1) is 13.2 Å². The molecule has 0 aromatic carbocycles. The maximum Gasteiger partial charge on any atom is 0.305 e. The minimum absolute atomic E-state index is 0.107. The lowest BCUT2D eigenvalue weighted by atomic mass is 10.1. The van der Waals surface area contributed by atoms with E-state index < -0.39 is 12.0 Å². The van der Waals surface area contributed by atoms with Crippen LogP contribution in [0.2, 0.25) is 0 Å². The van der Waals surface area contributed by atoms with Crippen LogP contribution in [0.1, 0.15) is 25.7 Å². The van der Waals surface area contributed by atoms with Crippen LogP contribution < -0.4 is 5.73 Å². The molecule has 3 N–H and O–H groups in total. The fourth-order valence-electron chi connectivity index (χ4n) is 1.36. The molecular weight excluding hydrogens is 240 g/mol. The van der Waals surface area contributed by atoms with Gasteiger partial charge in [-0.05, 0) is 12.8 Å². The number of ether oxygens (including phenoxy) is 1. The van der Waals surface area contributed by atoms with Gasteiger partial charge in [0.25, 0.3) is 0 Å². The van der Waals surface area contributed by atoms with E-state index in [2.05, 4.69) is 4.74 Å². The highest BCUT2D eigenvalue weighted by molar-refractivity contribution is 5.82. The Labute approximate surface area is 106 Å². The highest BCUT2D eigenvalue weighted by Crippen LogP contribution is 2.01. The summed E-state index contributed by atoms with van der Waals surface area (Å²) < 4.78 is 4.47. The van der Waals surface area contributed by atoms with Gasteiger partial charge >= 0.3 is 11.9 Å². The maximum absolute atomic E-state index is 11.7. The van der Waals surface area contributed by atoms with Crippen molar-refractivity contribution < 1.29 is 24.2 Å². The van der Waals surface area contributed by atoms with Crippen LogP contribution in [0, 0.1) is 0 Å². The largest absolute Gasteiger partial charge is 0.481 e. The van der Waals surface area contributed by atoms with Crippen LogP contribution in [0.15, 0.2) is 0 Å². The van der Waals surface area contributed by atoms with Crippen molar-refractivity contribution in [1.29, 1.82) is 0 Å². The molecule has 104 valence electrons. The maximum atomic E-state index is 11.7. The molecule has 0 aromatic heterocycles. The molecule has 0 rings (SSSR count). The van der Waals surface area contributed by atoms with Crippen molar-refractivity contribution in [3.8, 4) is 0 Å².